The van der Waals surface area contributed by atoms with E-state index in [0.29, 0.717) is 63.6 Å². The number of nitrogens with zero attached hydrogens (tertiary/aromatic N) is 3. The smallest absolute Gasteiger partial charge is 0.419 e. The molecule has 10 heteroatoms. The van der Waals surface area contributed by atoms with Crippen molar-refractivity contribution in [1.82, 2.24) is 14.5 Å². The lowest BCUT2D eigenvalue weighted by Crippen LogP contribution is -2.23. The molecule has 0 saturated heterocycles. The van der Waals surface area contributed by atoms with Gasteiger partial charge in [0, 0.05) is 42.2 Å². The van der Waals surface area contributed by atoms with Gasteiger partial charge in [-0.2, -0.15) is 0 Å². The van der Waals surface area contributed by atoms with E-state index in [1.165, 1.54) is 0 Å². The summed E-state index contributed by atoms with van der Waals surface area (Å²) in [6.07, 6.45) is 2.06. The van der Waals surface area contributed by atoms with Crippen LogP contribution in [0.4, 0.5) is 5.69 Å². The number of hydrogen-bond donors (Lipinski definition) is 1. The van der Waals surface area contributed by atoms with Gasteiger partial charge in [-0.1, -0.05) is 23.2 Å². The maximum absolute atomic E-state index is 12.5. The van der Waals surface area contributed by atoms with E-state index in [-0.39, 0.29) is 12.3 Å². The first-order valence-electron chi connectivity index (χ1n) is 10.3. The summed E-state index contributed by atoms with van der Waals surface area (Å²) in [5.74, 6) is 0.308. The van der Waals surface area contributed by atoms with E-state index in [4.69, 9.17) is 32.0 Å². The summed E-state index contributed by atoms with van der Waals surface area (Å²) < 4.78 is 12.6. The standard InChI is InChI=1S/C23H22Cl2N4O4/c1-28(2)9-10-29-18-12-15(4-6-19(18)33-23(29)31)27-21(30)7-8-22-26-13-20(32-22)16-5-3-14(24)11-17(16)25/h3-6,11-13H,7-10H2,1-2H3,(H,27,30). The lowest BCUT2D eigenvalue weighted by Gasteiger charge is -2.10. The van der Waals surface area contributed by atoms with Crippen LogP contribution in [0.3, 0.4) is 0 Å². The van der Waals surface area contributed by atoms with Crippen LogP contribution in [0.2, 0.25) is 10.0 Å². The molecule has 0 fully saturated rings. The van der Waals surface area contributed by atoms with Crippen LogP contribution in [0.15, 0.2) is 56.2 Å². The van der Waals surface area contributed by atoms with E-state index in [0.717, 1.165) is 0 Å². The Labute approximate surface area is 199 Å². The van der Waals surface area contributed by atoms with Crippen LogP contribution in [0.25, 0.3) is 22.4 Å². The van der Waals surface area contributed by atoms with Gasteiger partial charge in [-0.25, -0.2) is 9.78 Å². The minimum Gasteiger partial charge on any atom is -0.441 e. The Hall–Kier alpha value is -3.07. The van der Waals surface area contributed by atoms with E-state index in [2.05, 4.69) is 10.3 Å². The van der Waals surface area contributed by atoms with Gasteiger partial charge in [-0.3, -0.25) is 9.36 Å². The maximum Gasteiger partial charge on any atom is 0.419 e. The van der Waals surface area contributed by atoms with Crippen LogP contribution in [0.1, 0.15) is 12.3 Å². The normalized spacial score (nSPS) is 11.4. The van der Waals surface area contributed by atoms with Crippen molar-refractivity contribution in [1.29, 1.82) is 0 Å². The summed E-state index contributed by atoms with van der Waals surface area (Å²) in [4.78, 5) is 30.8. The fourth-order valence-electron chi connectivity index (χ4n) is 3.34. The van der Waals surface area contributed by atoms with Crippen LogP contribution in [-0.4, -0.2) is 41.0 Å². The molecule has 0 aliphatic carbocycles. The molecule has 1 N–H and O–H groups in total. The topological polar surface area (TPSA) is 93.5 Å². The van der Waals surface area contributed by atoms with Gasteiger partial charge in [0.05, 0.1) is 16.7 Å². The molecule has 2 aromatic carbocycles. The average molecular weight is 489 g/mol. The molecule has 0 radical (unpaired) electrons. The Morgan fingerprint density at radius 1 is 1.15 bits per heavy atom. The number of nitrogens with one attached hydrogen (secondary N) is 1. The van der Waals surface area contributed by atoms with Gasteiger partial charge in [-0.05, 0) is 50.5 Å². The number of fused-ring (bicyclic) bond motifs is 1. The predicted molar refractivity (Wildman–Crippen MR) is 128 cm³/mol. The zero-order valence-electron chi connectivity index (χ0n) is 18.1. The number of amides is 1. The highest BCUT2D eigenvalue weighted by molar-refractivity contribution is 6.36. The Morgan fingerprint density at radius 2 is 1.97 bits per heavy atom. The van der Waals surface area contributed by atoms with Gasteiger partial charge in [0.15, 0.2) is 17.2 Å². The molecule has 4 rings (SSSR count). The number of aryl methyl sites for hydroxylation is 1. The number of carbonyl (C=O) groups is 1. The first-order chi connectivity index (χ1) is 15.8. The van der Waals surface area contributed by atoms with Crippen molar-refractivity contribution in [3.63, 3.8) is 0 Å². The largest absolute Gasteiger partial charge is 0.441 e. The number of anilines is 1. The monoisotopic (exact) mass is 488 g/mol. The van der Waals surface area contributed by atoms with Crippen LogP contribution in [-0.2, 0) is 17.8 Å². The molecule has 2 aromatic heterocycles. The number of rotatable bonds is 8. The van der Waals surface area contributed by atoms with Crippen molar-refractivity contribution in [2.24, 2.45) is 0 Å². The van der Waals surface area contributed by atoms with Crippen molar-refractivity contribution in [3.8, 4) is 11.3 Å². The molecule has 0 aliphatic heterocycles. The summed E-state index contributed by atoms with van der Waals surface area (Å²) in [6.45, 7) is 1.17. The number of aromatic nitrogens is 2. The minimum atomic E-state index is -0.421. The molecule has 33 heavy (non-hydrogen) atoms. The molecular formula is C23H22Cl2N4O4. The first kappa shape index (κ1) is 23.1. The molecule has 0 atom stereocenters. The lowest BCUT2D eigenvalue weighted by atomic mass is 10.2. The number of oxazole rings is 2. The summed E-state index contributed by atoms with van der Waals surface area (Å²) in [6, 6.07) is 10.2. The summed E-state index contributed by atoms with van der Waals surface area (Å²) in [5, 5.41) is 3.84. The lowest BCUT2D eigenvalue weighted by molar-refractivity contribution is -0.116. The van der Waals surface area contributed by atoms with E-state index in [1.54, 1.807) is 47.2 Å². The summed E-state index contributed by atoms with van der Waals surface area (Å²) >= 11 is 12.1. The molecule has 0 unspecified atom stereocenters. The third kappa shape index (κ3) is 5.47. The van der Waals surface area contributed by atoms with Gasteiger partial charge < -0.3 is 19.1 Å². The fourth-order valence-corrected chi connectivity index (χ4v) is 3.84. The van der Waals surface area contributed by atoms with Gasteiger partial charge in [0.25, 0.3) is 0 Å². The van der Waals surface area contributed by atoms with Gasteiger partial charge >= 0.3 is 5.76 Å². The minimum absolute atomic E-state index is 0.172. The highest BCUT2D eigenvalue weighted by Gasteiger charge is 2.14. The van der Waals surface area contributed by atoms with Crippen molar-refractivity contribution in [2.45, 2.75) is 19.4 Å². The Balaban J connectivity index is 1.40. The molecular weight excluding hydrogens is 467 g/mol. The SMILES string of the molecule is CN(C)CCn1c(=O)oc2ccc(NC(=O)CCc3ncc(-c4ccc(Cl)cc4Cl)o3)cc21. The molecule has 0 bridgehead atoms. The predicted octanol–water partition coefficient (Wildman–Crippen LogP) is 4.69. The van der Waals surface area contributed by atoms with E-state index < -0.39 is 5.76 Å². The van der Waals surface area contributed by atoms with E-state index in [9.17, 15) is 9.59 Å². The average Bonchev–Trinajstić information content (AvgIpc) is 3.34. The molecule has 8 nitrogen and oxygen atoms in total. The maximum atomic E-state index is 12.5. The highest BCUT2D eigenvalue weighted by Crippen LogP contribution is 2.31. The molecule has 0 aliphatic rings. The van der Waals surface area contributed by atoms with Crippen molar-refractivity contribution in [3.05, 3.63) is 69.1 Å². The van der Waals surface area contributed by atoms with Gasteiger partial charge in [-0.15, -0.1) is 0 Å². The number of likely N-dealkylation sites (N-methyl/N-ethyl adjacent to an activating group) is 1. The molecule has 0 saturated carbocycles. The third-order valence-corrected chi connectivity index (χ3v) is 5.59. The van der Waals surface area contributed by atoms with Crippen LogP contribution in [0, 0.1) is 0 Å². The number of halogens is 2. The number of carbonyl (C=O) groups excluding carboxylic acids is 1. The molecule has 4 aromatic rings. The summed E-state index contributed by atoms with van der Waals surface area (Å²) in [5.41, 5.74) is 2.37. The fraction of sp³-hybridized carbons (Fsp3) is 0.261. The van der Waals surface area contributed by atoms with Crippen LogP contribution < -0.4 is 11.1 Å². The van der Waals surface area contributed by atoms with Crippen LogP contribution in [0.5, 0.6) is 0 Å². The first-order valence-corrected chi connectivity index (χ1v) is 11.0. The second-order valence-electron chi connectivity index (χ2n) is 7.80. The summed E-state index contributed by atoms with van der Waals surface area (Å²) in [7, 11) is 3.86. The van der Waals surface area contributed by atoms with Gasteiger partial charge in [0.2, 0.25) is 5.91 Å². The highest BCUT2D eigenvalue weighted by atomic mass is 35.5. The molecule has 2 heterocycles. The van der Waals surface area contributed by atoms with Crippen molar-refractivity contribution in [2.75, 3.05) is 26.0 Å². The molecule has 172 valence electrons. The van der Waals surface area contributed by atoms with Crippen molar-refractivity contribution < 1.29 is 13.6 Å². The number of benzene rings is 2. The third-order valence-electron chi connectivity index (χ3n) is 5.04. The second-order valence-corrected chi connectivity index (χ2v) is 8.64. The molecule has 0 spiro atoms. The Morgan fingerprint density at radius 3 is 2.73 bits per heavy atom. The zero-order chi connectivity index (χ0) is 23.5. The van der Waals surface area contributed by atoms with Crippen LogP contribution >= 0.6 is 23.2 Å². The number of hydrogen-bond acceptors (Lipinski definition) is 6. The van der Waals surface area contributed by atoms with E-state index >= 15 is 0 Å². The Kier molecular flexibility index (Phi) is 6.88. The molecule has 1 amide bonds. The zero-order valence-corrected chi connectivity index (χ0v) is 19.6. The van der Waals surface area contributed by atoms with E-state index in [1.807, 2.05) is 19.0 Å². The van der Waals surface area contributed by atoms with Crippen molar-refractivity contribution >= 4 is 45.9 Å². The van der Waals surface area contributed by atoms with Gasteiger partial charge in [0.1, 0.15) is 0 Å². The second kappa shape index (κ2) is 9.82. The Bertz CT molecular complexity index is 1360. The quantitative estimate of drug-likeness (QED) is 0.386.